The molecule has 3 rings (SSSR count). The molecule has 0 aromatic carbocycles. The van der Waals surface area contributed by atoms with Crippen LogP contribution in [-0.2, 0) is 5.60 Å². The minimum absolute atomic E-state index is 0.0542. The summed E-state index contributed by atoms with van der Waals surface area (Å²) in [7, 11) is 0. The minimum atomic E-state index is -1.23. The van der Waals surface area contributed by atoms with E-state index in [-0.39, 0.29) is 12.5 Å². The standard InChI is InChI=1S/C15H17N5O3S/c1-9-6-11(10(2)23-9)15(3,22)7-16-14(21)13-12(4-5-24-13)20-8-17-18-19-20/h4-6,8,22H,7H2,1-3H3,(H,16,21)/t15-/m0/s1. The van der Waals surface area contributed by atoms with E-state index in [1.54, 1.807) is 31.4 Å². The van der Waals surface area contributed by atoms with E-state index in [1.807, 2.05) is 6.92 Å². The molecule has 8 nitrogen and oxygen atoms in total. The van der Waals surface area contributed by atoms with Crippen molar-refractivity contribution in [2.24, 2.45) is 0 Å². The van der Waals surface area contributed by atoms with Gasteiger partial charge in [0.15, 0.2) is 0 Å². The average Bonchev–Trinajstić information content (AvgIpc) is 3.24. The van der Waals surface area contributed by atoms with Crippen molar-refractivity contribution in [2.45, 2.75) is 26.4 Å². The van der Waals surface area contributed by atoms with Crippen LogP contribution in [0.25, 0.3) is 5.69 Å². The summed E-state index contributed by atoms with van der Waals surface area (Å²) >= 11 is 1.28. The van der Waals surface area contributed by atoms with Crippen LogP contribution >= 0.6 is 11.3 Å². The van der Waals surface area contributed by atoms with Gasteiger partial charge >= 0.3 is 0 Å². The van der Waals surface area contributed by atoms with Gasteiger partial charge < -0.3 is 14.8 Å². The summed E-state index contributed by atoms with van der Waals surface area (Å²) in [5.41, 5.74) is 0.0219. The summed E-state index contributed by atoms with van der Waals surface area (Å²) in [6.45, 7) is 5.29. The smallest absolute Gasteiger partial charge is 0.263 e. The molecule has 0 aliphatic heterocycles. The Morgan fingerprint density at radius 1 is 1.50 bits per heavy atom. The molecule has 126 valence electrons. The second kappa shape index (κ2) is 6.17. The molecule has 0 aliphatic carbocycles. The number of thiophene rings is 1. The Morgan fingerprint density at radius 3 is 2.92 bits per heavy atom. The van der Waals surface area contributed by atoms with E-state index >= 15 is 0 Å². The number of hydrogen-bond donors (Lipinski definition) is 2. The van der Waals surface area contributed by atoms with Crippen LogP contribution in [0.5, 0.6) is 0 Å². The number of nitrogens with zero attached hydrogens (tertiary/aromatic N) is 4. The van der Waals surface area contributed by atoms with Crippen LogP contribution in [0.4, 0.5) is 0 Å². The highest BCUT2D eigenvalue weighted by Gasteiger charge is 2.29. The van der Waals surface area contributed by atoms with Gasteiger partial charge in [0.2, 0.25) is 0 Å². The van der Waals surface area contributed by atoms with Crippen molar-refractivity contribution in [3.63, 3.8) is 0 Å². The van der Waals surface area contributed by atoms with Crippen LogP contribution in [0.15, 0.2) is 28.3 Å². The lowest BCUT2D eigenvalue weighted by atomic mass is 9.96. The van der Waals surface area contributed by atoms with Gasteiger partial charge in [-0.15, -0.1) is 16.4 Å². The molecule has 9 heteroatoms. The number of rotatable bonds is 5. The highest BCUT2D eigenvalue weighted by molar-refractivity contribution is 7.12. The number of carbonyl (C=O) groups excluding carboxylic acids is 1. The minimum Gasteiger partial charge on any atom is -0.466 e. The van der Waals surface area contributed by atoms with Crippen LogP contribution in [0.3, 0.4) is 0 Å². The number of carbonyl (C=O) groups is 1. The number of tetrazole rings is 1. The van der Waals surface area contributed by atoms with Gasteiger partial charge in [-0.3, -0.25) is 4.79 Å². The first-order valence-electron chi connectivity index (χ1n) is 7.27. The maximum atomic E-state index is 12.5. The van der Waals surface area contributed by atoms with Crippen molar-refractivity contribution >= 4 is 17.2 Å². The largest absolute Gasteiger partial charge is 0.466 e. The molecule has 0 unspecified atom stereocenters. The molecule has 0 saturated carbocycles. The highest BCUT2D eigenvalue weighted by Crippen LogP contribution is 2.27. The Bertz CT molecular complexity index is 850. The lowest BCUT2D eigenvalue weighted by Crippen LogP contribution is -2.38. The fraction of sp³-hybridized carbons (Fsp3) is 0.333. The zero-order chi connectivity index (χ0) is 17.3. The van der Waals surface area contributed by atoms with Crippen molar-refractivity contribution in [3.05, 3.63) is 45.8 Å². The maximum Gasteiger partial charge on any atom is 0.263 e. The first-order valence-corrected chi connectivity index (χ1v) is 8.15. The summed E-state index contributed by atoms with van der Waals surface area (Å²) in [5, 5.41) is 26.2. The van der Waals surface area contributed by atoms with Gasteiger partial charge in [-0.25, -0.2) is 0 Å². The number of furan rings is 1. The van der Waals surface area contributed by atoms with Gasteiger partial charge in [0, 0.05) is 5.56 Å². The predicted molar refractivity (Wildman–Crippen MR) is 87.1 cm³/mol. The third-order valence-corrected chi connectivity index (χ3v) is 4.56. The Balaban J connectivity index is 1.74. The summed E-state index contributed by atoms with van der Waals surface area (Å²) in [5.74, 6) is 1.05. The second-order valence-corrected chi connectivity index (χ2v) is 6.59. The number of aryl methyl sites for hydroxylation is 2. The van der Waals surface area contributed by atoms with Gasteiger partial charge in [-0.05, 0) is 48.7 Å². The number of aliphatic hydroxyl groups is 1. The first kappa shape index (κ1) is 16.3. The van der Waals surface area contributed by atoms with Gasteiger partial charge in [-0.2, -0.15) is 4.68 Å². The Labute approximate surface area is 142 Å². The van der Waals surface area contributed by atoms with Crippen LogP contribution in [0.1, 0.15) is 33.7 Å². The molecule has 0 radical (unpaired) electrons. The van der Waals surface area contributed by atoms with Gasteiger partial charge in [0.05, 0.1) is 12.2 Å². The van der Waals surface area contributed by atoms with Crippen LogP contribution in [-0.4, -0.2) is 37.8 Å². The van der Waals surface area contributed by atoms with Crippen molar-refractivity contribution in [3.8, 4) is 5.69 Å². The number of aromatic nitrogens is 4. The molecule has 0 saturated heterocycles. The molecule has 2 N–H and O–H groups in total. The lowest BCUT2D eigenvalue weighted by molar-refractivity contribution is 0.0515. The lowest BCUT2D eigenvalue weighted by Gasteiger charge is -2.23. The third-order valence-electron chi connectivity index (χ3n) is 3.66. The average molecular weight is 347 g/mol. The van der Waals surface area contributed by atoms with Crippen molar-refractivity contribution in [1.29, 1.82) is 0 Å². The topological polar surface area (TPSA) is 106 Å². The molecular formula is C15H17N5O3S. The SMILES string of the molecule is Cc1cc([C@@](C)(O)CNC(=O)c2sccc2-n2cnnn2)c(C)o1. The number of nitrogens with one attached hydrogen (secondary N) is 1. The van der Waals surface area contributed by atoms with E-state index in [2.05, 4.69) is 20.8 Å². The van der Waals surface area contributed by atoms with Crippen molar-refractivity contribution in [2.75, 3.05) is 6.54 Å². The number of hydrogen-bond acceptors (Lipinski definition) is 7. The molecule has 3 aromatic heterocycles. The molecule has 3 aromatic rings. The van der Waals surface area contributed by atoms with E-state index in [4.69, 9.17) is 4.42 Å². The highest BCUT2D eigenvalue weighted by atomic mass is 32.1. The van der Waals surface area contributed by atoms with E-state index in [9.17, 15) is 9.90 Å². The zero-order valence-corrected chi connectivity index (χ0v) is 14.3. The van der Waals surface area contributed by atoms with Crippen molar-refractivity contribution in [1.82, 2.24) is 25.5 Å². The molecule has 24 heavy (non-hydrogen) atoms. The van der Waals surface area contributed by atoms with Gasteiger partial charge in [0.25, 0.3) is 5.91 Å². The maximum absolute atomic E-state index is 12.5. The van der Waals surface area contributed by atoms with Gasteiger partial charge in [0.1, 0.15) is 28.3 Å². The molecule has 0 fully saturated rings. The molecule has 0 bridgehead atoms. The van der Waals surface area contributed by atoms with E-state index in [1.165, 1.54) is 22.3 Å². The fourth-order valence-corrected chi connectivity index (χ4v) is 3.31. The molecule has 3 heterocycles. The molecule has 0 spiro atoms. The Hall–Kier alpha value is -2.52. The molecular weight excluding hydrogens is 330 g/mol. The van der Waals surface area contributed by atoms with E-state index in [0.717, 1.165) is 0 Å². The predicted octanol–water partition coefficient (Wildman–Crippen LogP) is 1.57. The molecule has 1 atom stereocenters. The third kappa shape index (κ3) is 3.08. The van der Waals surface area contributed by atoms with Gasteiger partial charge in [-0.1, -0.05) is 0 Å². The van der Waals surface area contributed by atoms with Crippen LogP contribution in [0.2, 0.25) is 0 Å². The second-order valence-electron chi connectivity index (χ2n) is 5.67. The summed E-state index contributed by atoms with van der Waals surface area (Å²) < 4.78 is 6.88. The molecule has 0 aliphatic rings. The fourth-order valence-electron chi connectivity index (χ4n) is 2.52. The molecule has 1 amide bonds. The zero-order valence-electron chi connectivity index (χ0n) is 13.5. The van der Waals surface area contributed by atoms with Crippen LogP contribution < -0.4 is 5.32 Å². The summed E-state index contributed by atoms with van der Waals surface area (Å²) in [6, 6.07) is 3.54. The van der Waals surface area contributed by atoms with E-state index in [0.29, 0.717) is 27.6 Å². The summed E-state index contributed by atoms with van der Waals surface area (Å²) in [6.07, 6.45) is 1.42. The quantitative estimate of drug-likeness (QED) is 0.726. The monoisotopic (exact) mass is 347 g/mol. The van der Waals surface area contributed by atoms with Crippen molar-refractivity contribution < 1.29 is 14.3 Å². The first-order chi connectivity index (χ1) is 11.4. The van der Waals surface area contributed by atoms with E-state index < -0.39 is 5.60 Å². The Morgan fingerprint density at radius 2 is 2.29 bits per heavy atom. The summed E-state index contributed by atoms with van der Waals surface area (Å²) in [4.78, 5) is 12.9. The normalized spacial score (nSPS) is 13.7. The Kier molecular flexibility index (Phi) is 4.20. The van der Waals surface area contributed by atoms with Crippen LogP contribution in [0, 0.1) is 13.8 Å². The number of amides is 1.